The molecule has 2 N–H and O–H groups in total. The predicted octanol–water partition coefficient (Wildman–Crippen LogP) is 2.66. The molecule has 94 valence electrons. The molecule has 0 spiro atoms. The first-order valence-electron chi connectivity index (χ1n) is 6.04. The van der Waals surface area contributed by atoms with Gasteiger partial charge in [0, 0.05) is 30.7 Å². The molecule has 0 heterocycles. The van der Waals surface area contributed by atoms with Crippen molar-refractivity contribution in [2.75, 3.05) is 19.0 Å². The van der Waals surface area contributed by atoms with Gasteiger partial charge < -0.3 is 10.6 Å². The number of nitrogens with zero attached hydrogens (tertiary/aromatic N) is 1. The minimum absolute atomic E-state index is 0.175. The average molecular weight is 236 g/mol. The fourth-order valence-electron chi connectivity index (χ4n) is 2.43. The van der Waals surface area contributed by atoms with Gasteiger partial charge in [-0.15, -0.1) is 0 Å². The van der Waals surface area contributed by atoms with E-state index in [-0.39, 0.29) is 16.8 Å². The lowest BCUT2D eigenvalue weighted by atomic mass is 9.75. The van der Waals surface area contributed by atoms with E-state index >= 15 is 0 Å². The highest BCUT2D eigenvalue weighted by molar-refractivity contribution is 5.57. The van der Waals surface area contributed by atoms with E-state index in [1.54, 1.807) is 6.07 Å². The number of hydrogen-bond acceptors (Lipinski definition) is 2. The molecule has 0 aromatic heterocycles. The monoisotopic (exact) mass is 236 g/mol. The SMILES string of the molecule is CN(C)c1ccc(F)cc1C(C)(C)C1(N)CC1. The van der Waals surface area contributed by atoms with Crippen LogP contribution >= 0.6 is 0 Å². The van der Waals surface area contributed by atoms with Crippen LogP contribution in [0.3, 0.4) is 0 Å². The number of hydrogen-bond donors (Lipinski definition) is 1. The zero-order chi connectivity index (χ0) is 12.8. The predicted molar refractivity (Wildman–Crippen MR) is 69.9 cm³/mol. The van der Waals surface area contributed by atoms with E-state index < -0.39 is 0 Å². The first kappa shape index (κ1) is 12.4. The maximum atomic E-state index is 13.5. The summed E-state index contributed by atoms with van der Waals surface area (Å²) in [7, 11) is 3.95. The summed E-state index contributed by atoms with van der Waals surface area (Å²) in [6.07, 6.45) is 2.03. The molecular formula is C14H21FN2. The van der Waals surface area contributed by atoms with Crippen LogP contribution in [-0.4, -0.2) is 19.6 Å². The molecule has 0 amide bonds. The van der Waals surface area contributed by atoms with Gasteiger partial charge in [0.1, 0.15) is 5.82 Å². The van der Waals surface area contributed by atoms with Crippen molar-refractivity contribution < 1.29 is 4.39 Å². The summed E-state index contributed by atoms with van der Waals surface area (Å²) in [5.41, 5.74) is 8.01. The molecule has 1 aromatic rings. The third-order valence-electron chi connectivity index (χ3n) is 4.15. The number of benzene rings is 1. The van der Waals surface area contributed by atoms with E-state index in [0.717, 1.165) is 24.1 Å². The van der Waals surface area contributed by atoms with Gasteiger partial charge in [-0.3, -0.25) is 0 Å². The molecule has 1 aliphatic rings. The van der Waals surface area contributed by atoms with Gasteiger partial charge in [0.2, 0.25) is 0 Å². The molecule has 3 heteroatoms. The minimum atomic E-state index is -0.200. The summed E-state index contributed by atoms with van der Waals surface area (Å²) in [6.45, 7) is 4.23. The third-order valence-corrected chi connectivity index (χ3v) is 4.15. The molecule has 0 bridgehead atoms. The zero-order valence-corrected chi connectivity index (χ0v) is 11.0. The average Bonchev–Trinajstić information content (AvgIpc) is 2.97. The van der Waals surface area contributed by atoms with Crippen molar-refractivity contribution in [3.63, 3.8) is 0 Å². The number of nitrogens with two attached hydrogens (primary N) is 1. The van der Waals surface area contributed by atoms with Crippen molar-refractivity contribution in [1.82, 2.24) is 0 Å². The van der Waals surface area contributed by atoms with Gasteiger partial charge in [-0.25, -0.2) is 4.39 Å². The number of rotatable bonds is 3. The molecule has 0 unspecified atom stereocenters. The smallest absolute Gasteiger partial charge is 0.123 e. The Bertz CT molecular complexity index is 434. The van der Waals surface area contributed by atoms with Crippen molar-refractivity contribution in [3.8, 4) is 0 Å². The summed E-state index contributed by atoms with van der Waals surface area (Å²) in [5, 5.41) is 0. The maximum absolute atomic E-state index is 13.5. The highest BCUT2D eigenvalue weighted by Gasteiger charge is 2.52. The van der Waals surface area contributed by atoms with Crippen molar-refractivity contribution in [1.29, 1.82) is 0 Å². The second kappa shape index (κ2) is 3.70. The lowest BCUT2D eigenvalue weighted by Gasteiger charge is -2.35. The van der Waals surface area contributed by atoms with E-state index in [9.17, 15) is 4.39 Å². The molecule has 2 rings (SSSR count). The lowest BCUT2D eigenvalue weighted by Crippen LogP contribution is -2.44. The Kier molecular flexibility index (Phi) is 2.69. The van der Waals surface area contributed by atoms with Gasteiger partial charge in [-0.05, 0) is 36.6 Å². The van der Waals surface area contributed by atoms with Crippen molar-refractivity contribution >= 4 is 5.69 Å². The summed E-state index contributed by atoms with van der Waals surface area (Å²) >= 11 is 0. The van der Waals surface area contributed by atoms with Crippen LogP contribution in [0.2, 0.25) is 0 Å². The lowest BCUT2D eigenvalue weighted by molar-refractivity contribution is 0.390. The Morgan fingerprint density at radius 2 is 1.88 bits per heavy atom. The molecule has 2 nitrogen and oxygen atoms in total. The third kappa shape index (κ3) is 1.93. The van der Waals surface area contributed by atoms with Crippen LogP contribution in [0.5, 0.6) is 0 Å². The van der Waals surface area contributed by atoms with Gasteiger partial charge in [-0.1, -0.05) is 13.8 Å². The summed E-state index contributed by atoms with van der Waals surface area (Å²) < 4.78 is 13.5. The van der Waals surface area contributed by atoms with E-state index in [1.807, 2.05) is 25.1 Å². The fraction of sp³-hybridized carbons (Fsp3) is 0.571. The van der Waals surface area contributed by atoms with Crippen molar-refractivity contribution in [2.45, 2.75) is 37.6 Å². The van der Waals surface area contributed by atoms with E-state index in [1.165, 1.54) is 6.07 Å². The largest absolute Gasteiger partial charge is 0.377 e. The molecule has 0 atom stereocenters. The number of anilines is 1. The van der Waals surface area contributed by atoms with Crippen LogP contribution < -0.4 is 10.6 Å². The van der Waals surface area contributed by atoms with Gasteiger partial charge in [0.25, 0.3) is 0 Å². The quantitative estimate of drug-likeness (QED) is 0.874. The van der Waals surface area contributed by atoms with Crippen LogP contribution in [-0.2, 0) is 5.41 Å². The molecule has 1 aromatic carbocycles. The summed E-state index contributed by atoms with van der Waals surface area (Å²) in [4.78, 5) is 2.02. The zero-order valence-electron chi connectivity index (χ0n) is 11.0. The standard InChI is InChI=1S/C14H21FN2/c1-13(2,14(16)7-8-14)11-9-10(15)5-6-12(11)17(3)4/h5-6,9H,7-8,16H2,1-4H3. The normalized spacial score (nSPS) is 18.0. The molecule has 17 heavy (non-hydrogen) atoms. The summed E-state index contributed by atoms with van der Waals surface area (Å²) in [6, 6.07) is 4.96. The molecule has 0 aliphatic heterocycles. The first-order valence-corrected chi connectivity index (χ1v) is 6.04. The molecule has 1 fully saturated rings. The second-order valence-electron chi connectivity index (χ2n) is 5.84. The van der Waals surface area contributed by atoms with Gasteiger partial charge >= 0.3 is 0 Å². The Balaban J connectivity index is 2.53. The maximum Gasteiger partial charge on any atom is 0.123 e. The highest BCUT2D eigenvalue weighted by atomic mass is 19.1. The van der Waals surface area contributed by atoms with E-state index in [0.29, 0.717) is 0 Å². The molecule has 1 saturated carbocycles. The second-order valence-corrected chi connectivity index (χ2v) is 5.84. The van der Waals surface area contributed by atoms with Crippen LogP contribution in [0.25, 0.3) is 0 Å². The molecule has 1 aliphatic carbocycles. The molecule has 0 radical (unpaired) electrons. The Labute approximate surface area is 103 Å². The van der Waals surface area contributed by atoms with E-state index in [4.69, 9.17) is 5.73 Å². The first-order chi connectivity index (χ1) is 7.78. The van der Waals surface area contributed by atoms with Crippen LogP contribution in [0.15, 0.2) is 18.2 Å². The van der Waals surface area contributed by atoms with Gasteiger partial charge in [0.05, 0.1) is 0 Å². The van der Waals surface area contributed by atoms with Crippen LogP contribution in [0.4, 0.5) is 10.1 Å². The highest BCUT2D eigenvalue weighted by Crippen LogP contribution is 2.51. The summed E-state index contributed by atoms with van der Waals surface area (Å²) in [5.74, 6) is -0.192. The Morgan fingerprint density at radius 1 is 1.29 bits per heavy atom. The van der Waals surface area contributed by atoms with Crippen LogP contribution in [0, 0.1) is 5.82 Å². The topological polar surface area (TPSA) is 29.3 Å². The van der Waals surface area contributed by atoms with Crippen LogP contribution in [0.1, 0.15) is 32.3 Å². The number of halogens is 1. The Hall–Kier alpha value is -1.09. The molecule has 0 saturated heterocycles. The Morgan fingerprint density at radius 3 is 2.35 bits per heavy atom. The van der Waals surface area contributed by atoms with Gasteiger partial charge in [0.15, 0.2) is 0 Å². The van der Waals surface area contributed by atoms with E-state index in [2.05, 4.69) is 13.8 Å². The van der Waals surface area contributed by atoms with Crippen molar-refractivity contribution in [2.24, 2.45) is 5.73 Å². The molecular weight excluding hydrogens is 215 g/mol. The van der Waals surface area contributed by atoms with Crippen molar-refractivity contribution in [3.05, 3.63) is 29.6 Å². The van der Waals surface area contributed by atoms with Gasteiger partial charge in [-0.2, -0.15) is 0 Å². The fourth-order valence-corrected chi connectivity index (χ4v) is 2.43. The minimum Gasteiger partial charge on any atom is -0.377 e.